The minimum Gasteiger partial charge on any atom is -0.337 e. The standard InChI is InChI=1S/C23H25F2N5O/c1-15-17(21(24)25)9-7-10-18(15)23(31)29(2)16-8-3-4-12-20-27-28-22(30(20)14-16)19-11-5-6-13-26-19/h5-7,9-11,13,16,21H,3-4,8,12,14H2,1-2H3. The van der Waals surface area contributed by atoms with Crippen LogP contribution in [0.3, 0.4) is 0 Å². The fourth-order valence-corrected chi connectivity index (χ4v) is 4.16. The van der Waals surface area contributed by atoms with E-state index >= 15 is 0 Å². The second-order valence-corrected chi connectivity index (χ2v) is 7.90. The summed E-state index contributed by atoms with van der Waals surface area (Å²) in [7, 11) is 1.74. The van der Waals surface area contributed by atoms with Crippen LogP contribution in [-0.2, 0) is 13.0 Å². The fourth-order valence-electron chi connectivity index (χ4n) is 4.16. The molecule has 0 saturated carbocycles. The monoisotopic (exact) mass is 425 g/mol. The third-order valence-corrected chi connectivity index (χ3v) is 6.01. The number of fused-ring (bicyclic) bond motifs is 1. The van der Waals surface area contributed by atoms with Crippen LogP contribution >= 0.6 is 0 Å². The van der Waals surface area contributed by atoms with Crippen LogP contribution in [0.25, 0.3) is 11.5 Å². The van der Waals surface area contributed by atoms with E-state index in [0.29, 0.717) is 23.5 Å². The van der Waals surface area contributed by atoms with Gasteiger partial charge in [0.1, 0.15) is 11.5 Å². The van der Waals surface area contributed by atoms with Gasteiger partial charge < -0.3 is 9.47 Å². The number of benzene rings is 1. The third kappa shape index (κ3) is 4.19. The Bertz CT molecular complexity index is 1070. The molecule has 1 aromatic carbocycles. The first kappa shape index (κ1) is 21.1. The number of aryl methyl sites for hydroxylation is 1. The van der Waals surface area contributed by atoms with Crippen LogP contribution in [0.2, 0.25) is 0 Å². The van der Waals surface area contributed by atoms with Crippen LogP contribution in [-0.4, -0.2) is 43.6 Å². The van der Waals surface area contributed by atoms with E-state index in [9.17, 15) is 13.6 Å². The number of rotatable bonds is 4. The largest absolute Gasteiger partial charge is 0.337 e. The minimum absolute atomic E-state index is 0.101. The molecule has 0 fully saturated rings. The number of aromatic nitrogens is 4. The Labute approximate surface area is 179 Å². The Hall–Kier alpha value is -3.16. The highest BCUT2D eigenvalue weighted by Gasteiger charge is 2.28. The van der Waals surface area contributed by atoms with Crippen LogP contribution in [0.4, 0.5) is 8.78 Å². The van der Waals surface area contributed by atoms with Crippen molar-refractivity contribution < 1.29 is 13.6 Å². The van der Waals surface area contributed by atoms with Crippen molar-refractivity contribution in [1.82, 2.24) is 24.6 Å². The lowest BCUT2D eigenvalue weighted by atomic mass is 9.99. The Balaban J connectivity index is 1.64. The van der Waals surface area contributed by atoms with Gasteiger partial charge in [0, 0.05) is 43.4 Å². The summed E-state index contributed by atoms with van der Waals surface area (Å²) in [5.74, 6) is 1.31. The summed E-state index contributed by atoms with van der Waals surface area (Å²) in [6.45, 7) is 2.11. The number of nitrogens with zero attached hydrogens (tertiary/aromatic N) is 5. The van der Waals surface area contributed by atoms with Crippen molar-refractivity contribution in [3.8, 4) is 11.5 Å². The zero-order valence-corrected chi connectivity index (χ0v) is 17.6. The Morgan fingerprint density at radius 2 is 2.00 bits per heavy atom. The Morgan fingerprint density at radius 1 is 1.16 bits per heavy atom. The predicted molar refractivity (Wildman–Crippen MR) is 113 cm³/mol. The van der Waals surface area contributed by atoms with Gasteiger partial charge in [-0.15, -0.1) is 10.2 Å². The van der Waals surface area contributed by atoms with Crippen LogP contribution in [0, 0.1) is 6.92 Å². The minimum atomic E-state index is -2.61. The summed E-state index contributed by atoms with van der Waals surface area (Å²) in [6.07, 6.45) is 2.63. The second-order valence-electron chi connectivity index (χ2n) is 7.90. The number of carbonyl (C=O) groups excluding carboxylic acids is 1. The highest BCUT2D eigenvalue weighted by atomic mass is 19.3. The van der Waals surface area contributed by atoms with Gasteiger partial charge in [0.2, 0.25) is 0 Å². The molecule has 1 amide bonds. The first-order valence-corrected chi connectivity index (χ1v) is 10.5. The molecule has 2 aromatic heterocycles. The van der Waals surface area contributed by atoms with Crippen LogP contribution < -0.4 is 0 Å². The first-order valence-electron chi connectivity index (χ1n) is 10.5. The maximum absolute atomic E-state index is 13.3. The molecule has 0 radical (unpaired) electrons. The van der Waals surface area contributed by atoms with Crippen LogP contribution in [0.1, 0.15) is 53.0 Å². The maximum Gasteiger partial charge on any atom is 0.264 e. The van der Waals surface area contributed by atoms with Gasteiger partial charge in [0.25, 0.3) is 12.3 Å². The van der Waals surface area contributed by atoms with Gasteiger partial charge in [-0.2, -0.15) is 0 Å². The van der Waals surface area contributed by atoms with Crippen molar-refractivity contribution in [3.63, 3.8) is 0 Å². The number of alkyl halides is 2. The summed E-state index contributed by atoms with van der Waals surface area (Å²) in [6, 6.07) is 10.0. The zero-order chi connectivity index (χ0) is 22.0. The lowest BCUT2D eigenvalue weighted by Gasteiger charge is -2.31. The summed E-state index contributed by atoms with van der Waals surface area (Å²) in [5, 5.41) is 8.72. The molecule has 1 unspecified atom stereocenters. The predicted octanol–water partition coefficient (Wildman–Crippen LogP) is 4.45. The average Bonchev–Trinajstić information content (AvgIpc) is 3.14. The van der Waals surface area contributed by atoms with Gasteiger partial charge in [-0.05, 0) is 43.5 Å². The molecular formula is C23H25F2N5O. The third-order valence-electron chi connectivity index (χ3n) is 6.01. The van der Waals surface area contributed by atoms with Crippen molar-refractivity contribution in [2.24, 2.45) is 0 Å². The number of carbonyl (C=O) groups is 1. The van der Waals surface area contributed by atoms with E-state index in [4.69, 9.17) is 0 Å². The maximum atomic E-state index is 13.3. The normalized spacial score (nSPS) is 16.5. The van der Waals surface area contributed by atoms with Gasteiger partial charge in [-0.3, -0.25) is 9.78 Å². The van der Waals surface area contributed by atoms with Gasteiger partial charge in [-0.25, -0.2) is 8.78 Å². The number of amides is 1. The number of halogens is 2. The van der Waals surface area contributed by atoms with E-state index in [1.165, 1.54) is 12.1 Å². The molecule has 0 aliphatic carbocycles. The lowest BCUT2D eigenvalue weighted by molar-refractivity contribution is 0.0700. The zero-order valence-electron chi connectivity index (χ0n) is 17.6. The number of hydrogen-bond donors (Lipinski definition) is 0. The quantitative estimate of drug-likeness (QED) is 0.619. The SMILES string of the molecule is Cc1c(C(=O)N(C)C2CCCCc3nnc(-c4ccccn4)n3C2)cccc1C(F)F. The van der Waals surface area contributed by atoms with E-state index in [2.05, 4.69) is 15.2 Å². The molecule has 1 aliphatic rings. The highest BCUT2D eigenvalue weighted by Crippen LogP contribution is 2.27. The molecular weight excluding hydrogens is 400 g/mol. The van der Waals surface area contributed by atoms with Crippen molar-refractivity contribution in [1.29, 1.82) is 0 Å². The van der Waals surface area contributed by atoms with Crippen molar-refractivity contribution in [2.75, 3.05) is 7.05 Å². The molecule has 4 rings (SSSR count). The molecule has 0 N–H and O–H groups in total. The molecule has 3 heterocycles. The lowest BCUT2D eigenvalue weighted by Crippen LogP contribution is -2.41. The van der Waals surface area contributed by atoms with Crippen LogP contribution in [0.15, 0.2) is 42.6 Å². The van der Waals surface area contributed by atoms with Gasteiger partial charge in [0.15, 0.2) is 5.82 Å². The van der Waals surface area contributed by atoms with Gasteiger partial charge in [-0.1, -0.05) is 24.6 Å². The van der Waals surface area contributed by atoms with Crippen molar-refractivity contribution >= 4 is 5.91 Å². The molecule has 0 saturated heterocycles. The molecule has 1 aliphatic heterocycles. The summed E-state index contributed by atoms with van der Waals surface area (Å²) < 4.78 is 28.7. The Kier molecular flexibility index (Phi) is 6.06. The van der Waals surface area contributed by atoms with Crippen molar-refractivity contribution in [3.05, 3.63) is 65.1 Å². The molecule has 0 bridgehead atoms. The Morgan fingerprint density at radius 3 is 2.74 bits per heavy atom. The van der Waals surface area contributed by atoms with Gasteiger partial charge in [0.05, 0.1) is 0 Å². The van der Waals surface area contributed by atoms with Gasteiger partial charge >= 0.3 is 0 Å². The number of hydrogen-bond acceptors (Lipinski definition) is 4. The van der Waals surface area contributed by atoms with E-state index in [1.807, 2.05) is 22.8 Å². The fraction of sp³-hybridized carbons (Fsp3) is 0.391. The summed E-state index contributed by atoms with van der Waals surface area (Å²) in [4.78, 5) is 19.3. The second kappa shape index (κ2) is 8.91. The molecule has 0 spiro atoms. The number of pyridine rings is 1. The molecule has 3 aromatic rings. The van der Waals surface area contributed by atoms with E-state index in [1.54, 1.807) is 31.1 Å². The highest BCUT2D eigenvalue weighted by molar-refractivity contribution is 5.96. The first-order chi connectivity index (χ1) is 15.0. The van der Waals surface area contributed by atoms with E-state index < -0.39 is 6.43 Å². The van der Waals surface area contributed by atoms with Crippen molar-refractivity contribution in [2.45, 2.75) is 51.6 Å². The number of likely N-dealkylation sites (N-methyl/N-ethyl adjacent to an activating group) is 1. The average molecular weight is 425 g/mol. The van der Waals surface area contributed by atoms with E-state index in [-0.39, 0.29) is 17.5 Å². The molecule has 6 nitrogen and oxygen atoms in total. The molecule has 1 atom stereocenters. The molecule has 8 heteroatoms. The summed E-state index contributed by atoms with van der Waals surface area (Å²) >= 11 is 0. The summed E-state index contributed by atoms with van der Waals surface area (Å²) in [5.41, 5.74) is 1.28. The topological polar surface area (TPSA) is 63.9 Å². The molecule has 162 valence electrons. The smallest absolute Gasteiger partial charge is 0.264 e. The van der Waals surface area contributed by atoms with Crippen LogP contribution in [0.5, 0.6) is 0 Å². The van der Waals surface area contributed by atoms with E-state index in [0.717, 1.165) is 37.2 Å². The molecule has 31 heavy (non-hydrogen) atoms.